The SMILES string of the molecule is CCCN1CC[C@H](CNc2ncccc2F)C1. The highest BCUT2D eigenvalue weighted by molar-refractivity contribution is 5.35. The second kappa shape index (κ2) is 5.96. The van der Waals surface area contributed by atoms with E-state index in [0.717, 1.165) is 13.1 Å². The summed E-state index contributed by atoms with van der Waals surface area (Å²) in [6.07, 6.45) is 4.01. The fourth-order valence-corrected chi connectivity index (χ4v) is 2.36. The molecule has 0 aromatic carbocycles. The Kier molecular flexibility index (Phi) is 4.31. The summed E-state index contributed by atoms with van der Waals surface area (Å²) in [6.45, 7) is 6.48. The Balaban J connectivity index is 1.78. The van der Waals surface area contributed by atoms with Crippen LogP contribution < -0.4 is 5.32 Å². The van der Waals surface area contributed by atoms with Crippen LogP contribution in [-0.4, -0.2) is 36.1 Å². The van der Waals surface area contributed by atoms with E-state index >= 15 is 0 Å². The normalized spacial score (nSPS) is 20.7. The van der Waals surface area contributed by atoms with Gasteiger partial charge in [0.15, 0.2) is 11.6 Å². The van der Waals surface area contributed by atoms with Crippen molar-refractivity contribution in [2.24, 2.45) is 5.92 Å². The molecule has 0 radical (unpaired) electrons. The van der Waals surface area contributed by atoms with Crippen molar-refractivity contribution in [2.75, 3.05) is 31.5 Å². The zero-order chi connectivity index (χ0) is 12.1. The number of nitrogens with one attached hydrogen (secondary N) is 1. The molecule has 0 unspecified atom stereocenters. The van der Waals surface area contributed by atoms with E-state index in [-0.39, 0.29) is 5.82 Å². The molecule has 1 fully saturated rings. The minimum Gasteiger partial charge on any atom is -0.367 e. The van der Waals surface area contributed by atoms with Gasteiger partial charge in [-0.2, -0.15) is 0 Å². The van der Waals surface area contributed by atoms with Crippen molar-refractivity contribution in [1.82, 2.24) is 9.88 Å². The summed E-state index contributed by atoms with van der Waals surface area (Å²) in [6, 6.07) is 3.05. The lowest BCUT2D eigenvalue weighted by molar-refractivity contribution is 0.327. The van der Waals surface area contributed by atoms with E-state index in [9.17, 15) is 4.39 Å². The Labute approximate surface area is 102 Å². The first-order valence-corrected chi connectivity index (χ1v) is 6.36. The summed E-state index contributed by atoms with van der Waals surface area (Å²) < 4.78 is 13.3. The molecule has 94 valence electrons. The van der Waals surface area contributed by atoms with E-state index in [1.54, 1.807) is 12.3 Å². The molecule has 1 aromatic heterocycles. The zero-order valence-electron chi connectivity index (χ0n) is 10.3. The fourth-order valence-electron chi connectivity index (χ4n) is 2.36. The van der Waals surface area contributed by atoms with Crippen molar-refractivity contribution in [1.29, 1.82) is 0 Å². The smallest absolute Gasteiger partial charge is 0.165 e. The van der Waals surface area contributed by atoms with E-state index < -0.39 is 0 Å². The zero-order valence-corrected chi connectivity index (χ0v) is 10.3. The minimum absolute atomic E-state index is 0.268. The maximum atomic E-state index is 13.3. The van der Waals surface area contributed by atoms with Crippen molar-refractivity contribution >= 4 is 5.82 Å². The number of halogens is 1. The molecular formula is C13H20FN3. The summed E-state index contributed by atoms with van der Waals surface area (Å²) in [5, 5.41) is 3.10. The lowest BCUT2D eigenvalue weighted by Gasteiger charge is -2.15. The second-order valence-corrected chi connectivity index (χ2v) is 4.67. The molecular weight excluding hydrogens is 217 g/mol. The van der Waals surface area contributed by atoms with Crippen LogP contribution >= 0.6 is 0 Å². The number of likely N-dealkylation sites (tertiary alicyclic amines) is 1. The average Bonchev–Trinajstić information content (AvgIpc) is 2.76. The molecule has 3 nitrogen and oxygen atoms in total. The summed E-state index contributed by atoms with van der Waals surface area (Å²) in [5.74, 6) is 0.723. The molecule has 0 aliphatic carbocycles. The van der Waals surface area contributed by atoms with Crippen LogP contribution in [0.2, 0.25) is 0 Å². The Morgan fingerprint density at radius 1 is 1.59 bits per heavy atom. The quantitative estimate of drug-likeness (QED) is 0.852. The van der Waals surface area contributed by atoms with Gasteiger partial charge in [0.25, 0.3) is 0 Å². The van der Waals surface area contributed by atoms with Gasteiger partial charge in [-0.1, -0.05) is 6.92 Å². The summed E-state index contributed by atoms with van der Waals surface area (Å²) in [7, 11) is 0. The molecule has 0 spiro atoms. The maximum absolute atomic E-state index is 13.3. The van der Waals surface area contributed by atoms with E-state index in [0.29, 0.717) is 11.7 Å². The molecule has 0 bridgehead atoms. The number of nitrogens with zero attached hydrogens (tertiary/aromatic N) is 2. The first-order valence-electron chi connectivity index (χ1n) is 6.36. The van der Waals surface area contributed by atoms with Crippen molar-refractivity contribution < 1.29 is 4.39 Å². The summed E-state index contributed by atoms with van der Waals surface area (Å²) in [4.78, 5) is 6.47. The number of pyridine rings is 1. The average molecular weight is 237 g/mol. The maximum Gasteiger partial charge on any atom is 0.165 e. The molecule has 0 amide bonds. The Hall–Kier alpha value is -1.16. The van der Waals surface area contributed by atoms with Gasteiger partial charge in [-0.15, -0.1) is 0 Å². The third-order valence-electron chi connectivity index (χ3n) is 3.23. The predicted octanol–water partition coefficient (Wildman–Crippen LogP) is 2.36. The lowest BCUT2D eigenvalue weighted by Crippen LogP contribution is -2.23. The van der Waals surface area contributed by atoms with E-state index in [1.807, 2.05) is 0 Å². The van der Waals surface area contributed by atoms with Gasteiger partial charge in [0, 0.05) is 19.3 Å². The number of aromatic nitrogens is 1. The van der Waals surface area contributed by atoms with E-state index in [1.165, 1.54) is 32.0 Å². The summed E-state index contributed by atoms with van der Waals surface area (Å²) in [5.41, 5.74) is 0. The highest BCUT2D eigenvalue weighted by atomic mass is 19.1. The standard InChI is InChI=1S/C13H20FN3/c1-2-7-17-8-5-11(10-17)9-16-13-12(14)4-3-6-15-13/h3-4,6,11H,2,5,7-10H2,1H3,(H,15,16)/t11-/m1/s1. The monoisotopic (exact) mass is 237 g/mol. The van der Waals surface area contributed by atoms with Crippen LogP contribution in [0.4, 0.5) is 10.2 Å². The van der Waals surface area contributed by atoms with Crippen LogP contribution in [0, 0.1) is 11.7 Å². The molecule has 2 heterocycles. The number of rotatable bonds is 5. The highest BCUT2D eigenvalue weighted by Crippen LogP contribution is 2.17. The van der Waals surface area contributed by atoms with Crippen LogP contribution in [0.1, 0.15) is 19.8 Å². The Morgan fingerprint density at radius 2 is 2.47 bits per heavy atom. The van der Waals surface area contributed by atoms with Gasteiger partial charge in [0.2, 0.25) is 0 Å². The second-order valence-electron chi connectivity index (χ2n) is 4.67. The first kappa shape index (κ1) is 12.3. The molecule has 1 saturated heterocycles. The fraction of sp³-hybridized carbons (Fsp3) is 0.615. The predicted molar refractivity (Wildman–Crippen MR) is 67.5 cm³/mol. The van der Waals surface area contributed by atoms with Gasteiger partial charge in [-0.3, -0.25) is 0 Å². The molecule has 0 saturated carbocycles. The Bertz CT molecular complexity index is 356. The number of anilines is 1. The topological polar surface area (TPSA) is 28.2 Å². The largest absolute Gasteiger partial charge is 0.367 e. The van der Waals surface area contributed by atoms with Crippen LogP contribution in [0.3, 0.4) is 0 Å². The van der Waals surface area contributed by atoms with Crippen molar-refractivity contribution in [3.05, 3.63) is 24.1 Å². The molecule has 17 heavy (non-hydrogen) atoms. The van der Waals surface area contributed by atoms with Crippen molar-refractivity contribution in [3.8, 4) is 0 Å². The van der Waals surface area contributed by atoms with E-state index in [4.69, 9.17) is 0 Å². The van der Waals surface area contributed by atoms with Crippen LogP contribution in [-0.2, 0) is 0 Å². The van der Waals surface area contributed by atoms with Crippen LogP contribution in [0.15, 0.2) is 18.3 Å². The van der Waals surface area contributed by atoms with Crippen LogP contribution in [0.5, 0.6) is 0 Å². The highest BCUT2D eigenvalue weighted by Gasteiger charge is 2.21. The molecule has 2 rings (SSSR count). The molecule has 1 aliphatic heterocycles. The van der Waals surface area contributed by atoms with Gasteiger partial charge in [0.1, 0.15) is 0 Å². The molecule has 1 N–H and O–H groups in total. The third kappa shape index (κ3) is 3.40. The van der Waals surface area contributed by atoms with Crippen molar-refractivity contribution in [3.63, 3.8) is 0 Å². The van der Waals surface area contributed by atoms with Gasteiger partial charge < -0.3 is 10.2 Å². The van der Waals surface area contributed by atoms with Crippen molar-refractivity contribution in [2.45, 2.75) is 19.8 Å². The van der Waals surface area contributed by atoms with Crippen LogP contribution in [0.25, 0.3) is 0 Å². The van der Waals surface area contributed by atoms with E-state index in [2.05, 4.69) is 22.1 Å². The lowest BCUT2D eigenvalue weighted by atomic mass is 10.1. The molecule has 1 aromatic rings. The van der Waals surface area contributed by atoms with Gasteiger partial charge >= 0.3 is 0 Å². The third-order valence-corrected chi connectivity index (χ3v) is 3.23. The first-order chi connectivity index (χ1) is 8.29. The summed E-state index contributed by atoms with van der Waals surface area (Å²) >= 11 is 0. The molecule has 4 heteroatoms. The Morgan fingerprint density at radius 3 is 3.24 bits per heavy atom. The van der Waals surface area contributed by atoms with Gasteiger partial charge in [0.05, 0.1) is 0 Å². The number of hydrogen-bond acceptors (Lipinski definition) is 3. The molecule has 1 atom stereocenters. The van der Waals surface area contributed by atoms with Gasteiger partial charge in [-0.25, -0.2) is 9.37 Å². The van der Waals surface area contributed by atoms with Gasteiger partial charge in [-0.05, 0) is 44.0 Å². The molecule has 1 aliphatic rings. The number of hydrogen-bond donors (Lipinski definition) is 1. The minimum atomic E-state index is -0.268.